The standard InChI is InChI=1S/C20H29N3O3/c1-15-7-8-17(26-15)14-23-12-11-22-20(25)18(23)13-19(24)21-10-9-16-5-3-2-4-6-16/h5,7-8,18H,2-4,6,9-14H2,1H3,(H,21,24)(H,22,25). The summed E-state index contributed by atoms with van der Waals surface area (Å²) in [6.07, 6.45) is 8.24. The molecule has 0 saturated carbocycles. The summed E-state index contributed by atoms with van der Waals surface area (Å²) in [5, 5.41) is 5.84. The van der Waals surface area contributed by atoms with Crippen LogP contribution in [0, 0.1) is 6.92 Å². The molecule has 1 aromatic rings. The van der Waals surface area contributed by atoms with E-state index in [-0.39, 0.29) is 18.2 Å². The maximum Gasteiger partial charge on any atom is 0.237 e. The first-order valence-corrected chi connectivity index (χ1v) is 9.63. The topological polar surface area (TPSA) is 74.6 Å². The zero-order chi connectivity index (χ0) is 18.4. The minimum absolute atomic E-state index is 0.0657. The van der Waals surface area contributed by atoms with Crippen molar-refractivity contribution in [2.75, 3.05) is 19.6 Å². The average molecular weight is 359 g/mol. The molecule has 1 aliphatic carbocycles. The molecule has 0 bridgehead atoms. The number of hydrogen-bond donors (Lipinski definition) is 2. The number of nitrogens with one attached hydrogen (secondary N) is 2. The van der Waals surface area contributed by atoms with Crippen LogP contribution in [-0.4, -0.2) is 42.4 Å². The molecule has 3 rings (SSSR count). The SMILES string of the molecule is Cc1ccc(CN2CCNC(=O)C2CC(=O)NCCC2=CCCCC2)o1. The molecule has 2 N–H and O–H groups in total. The van der Waals surface area contributed by atoms with Crippen LogP contribution >= 0.6 is 0 Å². The number of hydrogen-bond acceptors (Lipinski definition) is 4. The second-order valence-electron chi connectivity index (χ2n) is 7.20. The summed E-state index contributed by atoms with van der Waals surface area (Å²) in [5.41, 5.74) is 1.45. The lowest BCUT2D eigenvalue weighted by Crippen LogP contribution is -2.56. The molecule has 1 unspecified atom stereocenters. The van der Waals surface area contributed by atoms with Gasteiger partial charge in [0, 0.05) is 19.6 Å². The maximum atomic E-state index is 12.3. The van der Waals surface area contributed by atoms with Crippen LogP contribution in [0.3, 0.4) is 0 Å². The summed E-state index contributed by atoms with van der Waals surface area (Å²) in [6.45, 7) is 4.42. The van der Waals surface area contributed by atoms with E-state index in [0.717, 1.165) is 37.3 Å². The summed E-state index contributed by atoms with van der Waals surface area (Å²) in [5.74, 6) is 1.54. The van der Waals surface area contributed by atoms with Crippen LogP contribution in [-0.2, 0) is 16.1 Å². The Balaban J connectivity index is 1.50. The predicted octanol–water partition coefficient (Wildman–Crippen LogP) is 2.29. The van der Waals surface area contributed by atoms with Crippen molar-refractivity contribution >= 4 is 11.8 Å². The van der Waals surface area contributed by atoms with E-state index >= 15 is 0 Å². The highest BCUT2D eigenvalue weighted by atomic mass is 16.3. The average Bonchev–Trinajstić information content (AvgIpc) is 3.04. The van der Waals surface area contributed by atoms with Crippen LogP contribution < -0.4 is 10.6 Å². The van der Waals surface area contributed by atoms with Gasteiger partial charge in [0.2, 0.25) is 11.8 Å². The van der Waals surface area contributed by atoms with Crippen LogP contribution in [0.2, 0.25) is 0 Å². The molecular formula is C20H29N3O3. The molecule has 2 aliphatic rings. The van der Waals surface area contributed by atoms with Crippen LogP contribution in [0.25, 0.3) is 0 Å². The number of amides is 2. The van der Waals surface area contributed by atoms with Crippen molar-refractivity contribution in [1.82, 2.24) is 15.5 Å². The Morgan fingerprint density at radius 1 is 1.38 bits per heavy atom. The van der Waals surface area contributed by atoms with Gasteiger partial charge in [-0.2, -0.15) is 0 Å². The zero-order valence-electron chi connectivity index (χ0n) is 15.6. The molecule has 0 radical (unpaired) electrons. The third-order valence-electron chi connectivity index (χ3n) is 5.13. The first-order valence-electron chi connectivity index (χ1n) is 9.63. The van der Waals surface area contributed by atoms with Gasteiger partial charge in [0.15, 0.2) is 0 Å². The Morgan fingerprint density at radius 2 is 2.27 bits per heavy atom. The van der Waals surface area contributed by atoms with Gasteiger partial charge in [-0.25, -0.2) is 0 Å². The second-order valence-corrected chi connectivity index (χ2v) is 7.20. The zero-order valence-corrected chi connectivity index (χ0v) is 15.6. The lowest BCUT2D eigenvalue weighted by atomic mass is 9.97. The summed E-state index contributed by atoms with van der Waals surface area (Å²) >= 11 is 0. The highest BCUT2D eigenvalue weighted by Gasteiger charge is 2.32. The van der Waals surface area contributed by atoms with Crippen LogP contribution in [0.1, 0.15) is 50.0 Å². The molecule has 1 aliphatic heterocycles. The molecule has 6 nitrogen and oxygen atoms in total. The molecule has 2 amide bonds. The highest BCUT2D eigenvalue weighted by molar-refractivity contribution is 5.88. The largest absolute Gasteiger partial charge is 0.465 e. The smallest absolute Gasteiger partial charge is 0.237 e. The van der Waals surface area contributed by atoms with Crippen molar-refractivity contribution < 1.29 is 14.0 Å². The number of piperazine rings is 1. The molecule has 1 saturated heterocycles. The van der Waals surface area contributed by atoms with Gasteiger partial charge in [-0.15, -0.1) is 0 Å². The van der Waals surface area contributed by atoms with E-state index in [1.165, 1.54) is 18.4 Å². The van der Waals surface area contributed by atoms with E-state index in [1.807, 2.05) is 24.0 Å². The molecule has 0 spiro atoms. The van der Waals surface area contributed by atoms with Crippen molar-refractivity contribution in [2.45, 2.75) is 58.0 Å². The van der Waals surface area contributed by atoms with Gasteiger partial charge in [0.05, 0.1) is 19.0 Å². The Kier molecular flexibility index (Phi) is 6.50. The normalized spacial score (nSPS) is 21.2. The van der Waals surface area contributed by atoms with Gasteiger partial charge < -0.3 is 15.1 Å². The third-order valence-corrected chi connectivity index (χ3v) is 5.13. The van der Waals surface area contributed by atoms with Gasteiger partial charge >= 0.3 is 0 Å². The van der Waals surface area contributed by atoms with Crippen LogP contribution in [0.4, 0.5) is 0 Å². The Morgan fingerprint density at radius 3 is 3.00 bits per heavy atom. The van der Waals surface area contributed by atoms with Crippen molar-refractivity contribution in [3.8, 4) is 0 Å². The van der Waals surface area contributed by atoms with E-state index in [4.69, 9.17) is 4.42 Å². The van der Waals surface area contributed by atoms with E-state index < -0.39 is 6.04 Å². The molecular weight excluding hydrogens is 330 g/mol. The molecule has 0 aromatic carbocycles. The summed E-state index contributed by atoms with van der Waals surface area (Å²) in [4.78, 5) is 26.7. The lowest BCUT2D eigenvalue weighted by molar-refractivity contribution is -0.134. The number of aryl methyl sites for hydroxylation is 1. The van der Waals surface area contributed by atoms with E-state index in [2.05, 4.69) is 16.7 Å². The van der Waals surface area contributed by atoms with Gasteiger partial charge in [-0.05, 0) is 51.2 Å². The van der Waals surface area contributed by atoms with Crippen LogP contribution in [0.5, 0.6) is 0 Å². The summed E-state index contributed by atoms with van der Waals surface area (Å²) in [7, 11) is 0. The molecule has 142 valence electrons. The predicted molar refractivity (Wildman–Crippen MR) is 99.4 cm³/mol. The van der Waals surface area contributed by atoms with Crippen molar-refractivity contribution in [2.24, 2.45) is 0 Å². The van der Waals surface area contributed by atoms with Crippen molar-refractivity contribution in [1.29, 1.82) is 0 Å². The minimum Gasteiger partial charge on any atom is -0.465 e. The van der Waals surface area contributed by atoms with E-state index in [0.29, 0.717) is 19.6 Å². The van der Waals surface area contributed by atoms with Crippen LogP contribution in [0.15, 0.2) is 28.2 Å². The molecule has 1 fully saturated rings. The summed E-state index contributed by atoms with van der Waals surface area (Å²) in [6, 6.07) is 3.40. The molecule has 1 atom stereocenters. The maximum absolute atomic E-state index is 12.3. The Bertz CT molecular complexity index is 665. The van der Waals surface area contributed by atoms with Gasteiger partial charge in [-0.1, -0.05) is 11.6 Å². The fraction of sp³-hybridized carbons (Fsp3) is 0.600. The first-order chi connectivity index (χ1) is 12.6. The van der Waals surface area contributed by atoms with Gasteiger partial charge in [-0.3, -0.25) is 14.5 Å². The fourth-order valence-corrected chi connectivity index (χ4v) is 3.69. The number of allylic oxidation sites excluding steroid dienone is 1. The van der Waals surface area contributed by atoms with Gasteiger partial charge in [0.1, 0.15) is 11.5 Å². The Labute approximate surface area is 155 Å². The third kappa shape index (κ3) is 5.21. The minimum atomic E-state index is -0.442. The van der Waals surface area contributed by atoms with Crippen molar-refractivity contribution in [3.05, 3.63) is 35.3 Å². The number of furan rings is 1. The second kappa shape index (κ2) is 9.03. The number of rotatable bonds is 7. The Hall–Kier alpha value is -2.08. The highest BCUT2D eigenvalue weighted by Crippen LogP contribution is 2.19. The summed E-state index contributed by atoms with van der Waals surface area (Å²) < 4.78 is 5.63. The van der Waals surface area contributed by atoms with E-state index in [9.17, 15) is 9.59 Å². The van der Waals surface area contributed by atoms with E-state index in [1.54, 1.807) is 0 Å². The molecule has 1 aromatic heterocycles. The number of nitrogens with zero attached hydrogens (tertiary/aromatic N) is 1. The number of carbonyl (C=O) groups is 2. The quantitative estimate of drug-likeness (QED) is 0.733. The molecule has 2 heterocycles. The number of carbonyl (C=O) groups excluding carboxylic acids is 2. The lowest BCUT2D eigenvalue weighted by Gasteiger charge is -2.34. The fourth-order valence-electron chi connectivity index (χ4n) is 3.69. The van der Waals surface area contributed by atoms with Gasteiger partial charge in [0.25, 0.3) is 0 Å². The monoisotopic (exact) mass is 359 g/mol. The molecule has 26 heavy (non-hydrogen) atoms. The first kappa shape index (κ1) is 18.7. The molecule has 6 heteroatoms. The van der Waals surface area contributed by atoms with Crippen molar-refractivity contribution in [3.63, 3.8) is 0 Å².